The monoisotopic (exact) mass is 218 g/mol. The molecule has 2 saturated carbocycles. The van der Waals surface area contributed by atoms with Crippen molar-refractivity contribution in [1.82, 2.24) is 0 Å². The number of aliphatic carboxylic acids is 1. The van der Waals surface area contributed by atoms with E-state index in [0.717, 1.165) is 6.42 Å². The van der Waals surface area contributed by atoms with Gasteiger partial charge in [-0.15, -0.1) is 0 Å². The van der Waals surface area contributed by atoms with Crippen LogP contribution < -0.4 is 0 Å². The molecule has 2 nitrogen and oxygen atoms in total. The molecule has 0 aromatic heterocycles. The predicted molar refractivity (Wildman–Crippen MR) is 50.8 cm³/mol. The van der Waals surface area contributed by atoms with Crippen LogP contribution in [-0.2, 0) is 4.79 Å². The highest BCUT2D eigenvalue weighted by molar-refractivity contribution is 5.77. The number of carboxylic acid groups (broad SMARTS) is 1. The Morgan fingerprint density at radius 1 is 1.33 bits per heavy atom. The number of hydrogen-bond acceptors (Lipinski definition) is 1. The SMILES string of the molecule is O=C(O)C1(CC2CCCC(F)(F)C2)CC1. The minimum absolute atomic E-state index is 0.0242. The van der Waals surface area contributed by atoms with Crippen LogP contribution in [0.3, 0.4) is 0 Å². The van der Waals surface area contributed by atoms with Crippen molar-refractivity contribution in [2.45, 2.75) is 50.9 Å². The third kappa shape index (κ3) is 2.29. The molecule has 1 N–H and O–H groups in total. The van der Waals surface area contributed by atoms with Gasteiger partial charge in [-0.3, -0.25) is 4.79 Å². The number of halogens is 2. The van der Waals surface area contributed by atoms with Gasteiger partial charge in [-0.2, -0.15) is 0 Å². The lowest BCUT2D eigenvalue weighted by Crippen LogP contribution is -2.29. The van der Waals surface area contributed by atoms with Gasteiger partial charge < -0.3 is 5.11 Å². The predicted octanol–water partition coefficient (Wildman–Crippen LogP) is 3.07. The van der Waals surface area contributed by atoms with Gasteiger partial charge in [0.05, 0.1) is 5.41 Å². The van der Waals surface area contributed by atoms with E-state index >= 15 is 0 Å². The van der Waals surface area contributed by atoms with Crippen molar-refractivity contribution in [3.05, 3.63) is 0 Å². The van der Waals surface area contributed by atoms with E-state index in [2.05, 4.69) is 0 Å². The van der Waals surface area contributed by atoms with E-state index in [9.17, 15) is 13.6 Å². The first-order valence-electron chi connectivity index (χ1n) is 5.55. The summed E-state index contributed by atoms with van der Waals surface area (Å²) in [7, 11) is 0. The Balaban J connectivity index is 1.92. The summed E-state index contributed by atoms with van der Waals surface area (Å²) in [5.41, 5.74) is -0.641. The molecular weight excluding hydrogens is 202 g/mol. The Kier molecular flexibility index (Phi) is 2.47. The van der Waals surface area contributed by atoms with Gasteiger partial charge in [-0.25, -0.2) is 8.78 Å². The molecule has 2 fully saturated rings. The third-order valence-corrected chi connectivity index (χ3v) is 3.73. The molecule has 0 radical (unpaired) electrons. The van der Waals surface area contributed by atoms with Crippen molar-refractivity contribution >= 4 is 5.97 Å². The zero-order valence-electron chi connectivity index (χ0n) is 8.64. The summed E-state index contributed by atoms with van der Waals surface area (Å²) < 4.78 is 26.2. The zero-order chi connectivity index (χ0) is 11.1. The van der Waals surface area contributed by atoms with Gasteiger partial charge in [0.25, 0.3) is 0 Å². The second kappa shape index (κ2) is 3.42. The topological polar surface area (TPSA) is 37.3 Å². The lowest BCUT2D eigenvalue weighted by molar-refractivity contribution is -0.145. The van der Waals surface area contributed by atoms with E-state index < -0.39 is 17.3 Å². The molecule has 2 aliphatic rings. The van der Waals surface area contributed by atoms with Gasteiger partial charge >= 0.3 is 5.97 Å². The average molecular weight is 218 g/mol. The fraction of sp³-hybridized carbons (Fsp3) is 0.909. The second-order valence-corrected chi connectivity index (χ2v) is 5.11. The quantitative estimate of drug-likeness (QED) is 0.790. The van der Waals surface area contributed by atoms with Crippen LogP contribution in [0.5, 0.6) is 0 Å². The summed E-state index contributed by atoms with van der Waals surface area (Å²) in [6, 6.07) is 0. The molecule has 0 amide bonds. The van der Waals surface area contributed by atoms with Gasteiger partial charge in [0.15, 0.2) is 0 Å². The Bertz CT molecular complexity index is 272. The molecule has 0 spiro atoms. The van der Waals surface area contributed by atoms with E-state index in [-0.39, 0.29) is 18.8 Å². The fourth-order valence-corrected chi connectivity index (χ4v) is 2.66. The Hall–Kier alpha value is -0.670. The van der Waals surface area contributed by atoms with E-state index in [4.69, 9.17) is 5.11 Å². The molecule has 0 aromatic rings. The van der Waals surface area contributed by atoms with Crippen LogP contribution in [0.15, 0.2) is 0 Å². The van der Waals surface area contributed by atoms with Crippen LogP contribution in [-0.4, -0.2) is 17.0 Å². The van der Waals surface area contributed by atoms with Crippen molar-refractivity contribution in [2.24, 2.45) is 11.3 Å². The number of carbonyl (C=O) groups is 1. The normalized spacial score (nSPS) is 32.3. The zero-order valence-corrected chi connectivity index (χ0v) is 8.64. The average Bonchev–Trinajstić information content (AvgIpc) is 2.83. The highest BCUT2D eigenvalue weighted by Gasteiger charge is 2.52. The summed E-state index contributed by atoms with van der Waals surface area (Å²) in [5, 5.41) is 8.98. The van der Waals surface area contributed by atoms with Crippen molar-refractivity contribution in [3.8, 4) is 0 Å². The lowest BCUT2D eigenvalue weighted by Gasteiger charge is -2.30. The Labute approximate surface area is 87.7 Å². The second-order valence-electron chi connectivity index (χ2n) is 5.11. The molecule has 0 bridgehead atoms. The molecular formula is C11H16F2O2. The summed E-state index contributed by atoms with van der Waals surface area (Å²) in [5.74, 6) is -3.44. The Morgan fingerprint density at radius 2 is 2.00 bits per heavy atom. The first-order chi connectivity index (χ1) is 6.94. The maximum Gasteiger partial charge on any atom is 0.309 e. The van der Waals surface area contributed by atoms with Crippen LogP contribution in [0.4, 0.5) is 8.78 Å². The summed E-state index contributed by atoms with van der Waals surface area (Å²) in [4.78, 5) is 10.9. The maximum absolute atomic E-state index is 13.1. The Morgan fingerprint density at radius 3 is 2.47 bits per heavy atom. The fourth-order valence-electron chi connectivity index (χ4n) is 2.66. The molecule has 0 aromatic carbocycles. The van der Waals surface area contributed by atoms with Crippen molar-refractivity contribution in [1.29, 1.82) is 0 Å². The van der Waals surface area contributed by atoms with Gasteiger partial charge in [-0.1, -0.05) is 0 Å². The molecule has 15 heavy (non-hydrogen) atoms. The van der Waals surface area contributed by atoms with Crippen LogP contribution in [0, 0.1) is 11.3 Å². The third-order valence-electron chi connectivity index (χ3n) is 3.73. The smallest absolute Gasteiger partial charge is 0.309 e. The van der Waals surface area contributed by atoms with Crippen LogP contribution in [0.1, 0.15) is 44.9 Å². The minimum atomic E-state index is -2.56. The van der Waals surface area contributed by atoms with Crippen molar-refractivity contribution in [2.75, 3.05) is 0 Å². The van der Waals surface area contributed by atoms with E-state index in [1.165, 1.54) is 0 Å². The van der Waals surface area contributed by atoms with Crippen LogP contribution in [0.25, 0.3) is 0 Å². The van der Waals surface area contributed by atoms with Gasteiger partial charge in [0.2, 0.25) is 5.92 Å². The van der Waals surface area contributed by atoms with E-state index in [1.54, 1.807) is 0 Å². The molecule has 1 atom stereocenters. The maximum atomic E-state index is 13.1. The number of alkyl halides is 2. The molecule has 0 aliphatic heterocycles. The lowest BCUT2D eigenvalue weighted by atomic mass is 9.80. The first-order valence-corrected chi connectivity index (χ1v) is 5.55. The molecule has 2 rings (SSSR count). The molecule has 0 heterocycles. The number of rotatable bonds is 3. The molecule has 4 heteroatoms. The standard InChI is InChI=1S/C11H16F2O2/c12-11(13)3-1-2-8(7-11)6-10(4-5-10)9(14)15/h8H,1-7H2,(H,14,15). The number of carboxylic acids is 1. The molecule has 2 aliphatic carbocycles. The van der Waals surface area contributed by atoms with E-state index in [1.807, 2.05) is 0 Å². The van der Waals surface area contributed by atoms with Crippen LogP contribution in [0.2, 0.25) is 0 Å². The molecule has 1 unspecified atom stereocenters. The largest absolute Gasteiger partial charge is 0.481 e. The summed E-state index contributed by atoms with van der Waals surface area (Å²) in [6.45, 7) is 0. The van der Waals surface area contributed by atoms with Gasteiger partial charge in [0.1, 0.15) is 0 Å². The molecule has 0 saturated heterocycles. The van der Waals surface area contributed by atoms with Gasteiger partial charge in [-0.05, 0) is 38.0 Å². The first kappa shape index (κ1) is 10.8. The van der Waals surface area contributed by atoms with Crippen molar-refractivity contribution < 1.29 is 18.7 Å². The minimum Gasteiger partial charge on any atom is -0.481 e. The van der Waals surface area contributed by atoms with E-state index in [0.29, 0.717) is 25.7 Å². The van der Waals surface area contributed by atoms with Crippen molar-refractivity contribution in [3.63, 3.8) is 0 Å². The number of hydrogen-bond donors (Lipinski definition) is 1. The highest BCUT2D eigenvalue weighted by Crippen LogP contribution is 2.53. The summed E-state index contributed by atoms with van der Waals surface area (Å²) in [6.07, 6.45) is 2.97. The summed E-state index contributed by atoms with van der Waals surface area (Å²) >= 11 is 0. The van der Waals surface area contributed by atoms with Gasteiger partial charge in [0, 0.05) is 12.8 Å². The highest BCUT2D eigenvalue weighted by atomic mass is 19.3. The van der Waals surface area contributed by atoms with Crippen LogP contribution >= 0.6 is 0 Å². The molecule has 86 valence electrons.